The first-order valence-electron chi connectivity index (χ1n) is 19.4. The second-order valence-corrected chi connectivity index (χ2v) is 13.0. The van der Waals surface area contributed by atoms with Crippen LogP contribution < -0.4 is 10.6 Å². The smallest absolute Gasteiger partial charge is 0.328 e. The van der Waals surface area contributed by atoms with Crippen LogP contribution in [0.1, 0.15) is 128 Å². The van der Waals surface area contributed by atoms with Gasteiger partial charge in [-0.1, -0.05) is 124 Å². The molecule has 8 nitrogen and oxygen atoms in total. The SMILES string of the molecule is CCOC(=O)C(Cc1ccccc1)NC(=O)CCCCCCCCC#CC#CCCCCCCCCC(=O)NC(Cc1ccccc1)C(=O)OCC. The Hall–Kier alpha value is -4.56. The molecule has 0 saturated carbocycles. The van der Waals surface area contributed by atoms with Gasteiger partial charge in [0.2, 0.25) is 11.8 Å². The molecule has 8 heteroatoms. The van der Waals surface area contributed by atoms with Gasteiger partial charge in [-0.3, -0.25) is 9.59 Å². The number of hydrogen-bond acceptors (Lipinski definition) is 6. The van der Waals surface area contributed by atoms with Gasteiger partial charge in [-0.15, -0.1) is 0 Å². The molecule has 0 heterocycles. The molecule has 2 N–H and O–H groups in total. The van der Waals surface area contributed by atoms with Gasteiger partial charge in [0.05, 0.1) is 13.2 Å². The molecule has 52 heavy (non-hydrogen) atoms. The molecular weight excluding hydrogens is 652 g/mol. The van der Waals surface area contributed by atoms with Crippen LogP contribution >= 0.6 is 0 Å². The van der Waals surface area contributed by atoms with Crippen molar-refractivity contribution < 1.29 is 28.7 Å². The molecule has 2 atom stereocenters. The summed E-state index contributed by atoms with van der Waals surface area (Å²) in [6.45, 7) is 4.10. The van der Waals surface area contributed by atoms with E-state index >= 15 is 0 Å². The van der Waals surface area contributed by atoms with Crippen LogP contribution in [0.15, 0.2) is 60.7 Å². The second kappa shape index (κ2) is 29.1. The fourth-order valence-electron chi connectivity index (χ4n) is 5.73. The maximum atomic E-state index is 12.5. The maximum Gasteiger partial charge on any atom is 0.328 e. The molecule has 0 saturated heterocycles. The number of hydrogen-bond donors (Lipinski definition) is 2. The molecule has 2 unspecified atom stereocenters. The highest BCUT2D eigenvalue weighted by Gasteiger charge is 2.23. The van der Waals surface area contributed by atoms with E-state index < -0.39 is 24.0 Å². The highest BCUT2D eigenvalue weighted by Crippen LogP contribution is 2.11. The van der Waals surface area contributed by atoms with Gasteiger partial charge < -0.3 is 20.1 Å². The Labute approximate surface area is 312 Å². The van der Waals surface area contributed by atoms with Crippen LogP contribution in [0.4, 0.5) is 0 Å². The number of nitrogens with one attached hydrogen (secondary N) is 2. The number of esters is 2. The van der Waals surface area contributed by atoms with Gasteiger partial charge in [-0.2, -0.15) is 0 Å². The van der Waals surface area contributed by atoms with E-state index in [1.54, 1.807) is 13.8 Å². The van der Waals surface area contributed by atoms with Crippen LogP contribution in [0.3, 0.4) is 0 Å². The molecule has 0 aliphatic rings. The monoisotopic (exact) mass is 712 g/mol. The van der Waals surface area contributed by atoms with E-state index in [4.69, 9.17) is 9.47 Å². The van der Waals surface area contributed by atoms with E-state index in [0.29, 0.717) is 25.7 Å². The second-order valence-electron chi connectivity index (χ2n) is 13.0. The molecule has 2 rings (SSSR count). The average Bonchev–Trinajstić information content (AvgIpc) is 3.14. The van der Waals surface area contributed by atoms with E-state index in [9.17, 15) is 19.2 Å². The highest BCUT2D eigenvalue weighted by atomic mass is 16.5. The van der Waals surface area contributed by atoms with Crippen molar-refractivity contribution in [3.05, 3.63) is 71.8 Å². The predicted molar refractivity (Wildman–Crippen MR) is 207 cm³/mol. The van der Waals surface area contributed by atoms with Crippen LogP contribution in [0.5, 0.6) is 0 Å². The Morgan fingerprint density at radius 1 is 0.519 bits per heavy atom. The molecular formula is C44H60N2O6. The van der Waals surface area contributed by atoms with E-state index in [0.717, 1.165) is 101 Å². The molecule has 0 aliphatic carbocycles. The zero-order valence-corrected chi connectivity index (χ0v) is 31.5. The normalized spacial score (nSPS) is 11.5. The molecule has 282 valence electrons. The van der Waals surface area contributed by atoms with Gasteiger partial charge in [0.15, 0.2) is 0 Å². The number of amides is 2. The van der Waals surface area contributed by atoms with Gasteiger partial charge in [-0.05, 0) is 62.5 Å². The number of carbonyl (C=O) groups is 4. The summed E-state index contributed by atoms with van der Waals surface area (Å²) in [4.78, 5) is 49.7. The van der Waals surface area contributed by atoms with Crippen molar-refractivity contribution in [1.82, 2.24) is 10.6 Å². The molecule has 0 fully saturated rings. The van der Waals surface area contributed by atoms with E-state index in [1.807, 2.05) is 60.7 Å². The molecule has 2 amide bonds. The Morgan fingerprint density at radius 3 is 1.23 bits per heavy atom. The first-order chi connectivity index (χ1) is 25.4. The summed E-state index contributed by atoms with van der Waals surface area (Å²) >= 11 is 0. The maximum absolute atomic E-state index is 12.5. The van der Waals surface area contributed by atoms with Crippen LogP contribution in [-0.4, -0.2) is 49.1 Å². The minimum absolute atomic E-state index is 0.109. The number of benzene rings is 2. The van der Waals surface area contributed by atoms with Crippen LogP contribution in [0.2, 0.25) is 0 Å². The van der Waals surface area contributed by atoms with Crippen LogP contribution in [-0.2, 0) is 41.5 Å². The third-order valence-corrected chi connectivity index (χ3v) is 8.53. The van der Waals surface area contributed by atoms with Crippen molar-refractivity contribution in [3.8, 4) is 23.7 Å². The fraction of sp³-hybridized carbons (Fsp3) is 0.545. The minimum atomic E-state index is -0.664. The van der Waals surface area contributed by atoms with Gasteiger partial charge in [0.25, 0.3) is 0 Å². The minimum Gasteiger partial charge on any atom is -0.464 e. The highest BCUT2D eigenvalue weighted by molar-refractivity contribution is 5.85. The average molecular weight is 713 g/mol. The predicted octanol–water partition coefficient (Wildman–Crippen LogP) is 7.82. The first-order valence-corrected chi connectivity index (χ1v) is 19.4. The Bertz CT molecular complexity index is 1310. The van der Waals surface area contributed by atoms with Crippen molar-refractivity contribution in [2.45, 2.75) is 142 Å². The zero-order valence-electron chi connectivity index (χ0n) is 31.5. The molecule has 2 aromatic rings. The topological polar surface area (TPSA) is 111 Å². The van der Waals surface area contributed by atoms with Crippen molar-refractivity contribution in [3.63, 3.8) is 0 Å². The summed E-state index contributed by atoms with van der Waals surface area (Å²) in [6.07, 6.45) is 15.7. The number of unbranched alkanes of at least 4 members (excludes halogenated alkanes) is 12. The molecule has 0 radical (unpaired) electrons. The van der Waals surface area contributed by atoms with Crippen molar-refractivity contribution in [2.75, 3.05) is 13.2 Å². The van der Waals surface area contributed by atoms with Crippen molar-refractivity contribution >= 4 is 23.8 Å². The van der Waals surface area contributed by atoms with Gasteiger partial charge in [-0.25, -0.2) is 9.59 Å². The third kappa shape index (κ3) is 21.6. The van der Waals surface area contributed by atoms with E-state index in [-0.39, 0.29) is 25.0 Å². The van der Waals surface area contributed by atoms with Crippen molar-refractivity contribution in [2.24, 2.45) is 0 Å². The Balaban J connectivity index is 1.43. The van der Waals surface area contributed by atoms with Crippen molar-refractivity contribution in [1.29, 1.82) is 0 Å². The van der Waals surface area contributed by atoms with Gasteiger partial charge >= 0.3 is 11.9 Å². The lowest BCUT2D eigenvalue weighted by molar-refractivity contribution is -0.147. The van der Waals surface area contributed by atoms with E-state index in [1.165, 1.54) is 0 Å². The lowest BCUT2D eigenvalue weighted by atomic mass is 10.0. The van der Waals surface area contributed by atoms with Gasteiger partial charge in [0, 0.05) is 38.5 Å². The zero-order chi connectivity index (χ0) is 37.5. The van der Waals surface area contributed by atoms with Gasteiger partial charge in [0.1, 0.15) is 12.1 Å². The standard InChI is InChI=1S/C44H60N2O6/c1-3-51-43(49)39(35-37-29-23-21-24-30-37)45-41(47)33-27-19-17-15-13-11-9-7-5-6-8-10-12-14-16-18-20-28-34-42(48)46-40(44(50)52-4-2)36-38-31-25-22-26-32-38/h21-26,29-32,39-40H,3-4,9-20,27-28,33-36H2,1-2H3,(H,45,47)(H,46,48). The molecule has 2 aromatic carbocycles. The third-order valence-electron chi connectivity index (χ3n) is 8.53. The van der Waals surface area contributed by atoms with E-state index in [2.05, 4.69) is 34.3 Å². The number of ether oxygens (including phenoxy) is 2. The molecule has 0 bridgehead atoms. The number of rotatable bonds is 26. The molecule has 0 spiro atoms. The lowest BCUT2D eigenvalue weighted by Gasteiger charge is -2.17. The molecule has 0 aliphatic heterocycles. The summed E-state index contributed by atoms with van der Waals surface area (Å²) in [7, 11) is 0. The largest absolute Gasteiger partial charge is 0.464 e. The fourth-order valence-corrected chi connectivity index (χ4v) is 5.73. The van der Waals surface area contributed by atoms with Crippen LogP contribution in [0.25, 0.3) is 0 Å². The molecule has 0 aromatic heterocycles. The first kappa shape index (κ1) is 43.6. The summed E-state index contributed by atoms with van der Waals surface area (Å²) in [5.74, 6) is 11.2. The number of carbonyl (C=O) groups excluding carboxylic acids is 4. The summed E-state index contributed by atoms with van der Waals surface area (Å²) in [5, 5.41) is 5.73. The Kier molecular flexibility index (Phi) is 24.4. The quantitative estimate of drug-likeness (QED) is 0.0585. The summed E-state index contributed by atoms with van der Waals surface area (Å²) in [5.41, 5.74) is 1.97. The van der Waals surface area contributed by atoms with Crippen LogP contribution in [0, 0.1) is 23.7 Å². The lowest BCUT2D eigenvalue weighted by Crippen LogP contribution is -2.43. The Morgan fingerprint density at radius 2 is 0.865 bits per heavy atom. The summed E-state index contributed by atoms with van der Waals surface area (Å²) < 4.78 is 10.3. The summed E-state index contributed by atoms with van der Waals surface area (Å²) in [6, 6.07) is 18.0.